The van der Waals surface area contributed by atoms with Crippen molar-refractivity contribution in [3.8, 4) is 0 Å². The standard InChI is InChI=1S/C12H19NO3/c1-8-9(2)12(15)13(11(8)14)7-10-5-3-4-6-16-10/h10-11,14H,3-7H2,1-2H3/t10-,11-/m0/s1. The van der Waals surface area contributed by atoms with Crippen LogP contribution in [0.15, 0.2) is 11.1 Å². The smallest absolute Gasteiger partial charge is 0.251 e. The first-order chi connectivity index (χ1) is 7.61. The molecule has 2 heterocycles. The van der Waals surface area contributed by atoms with Crippen molar-refractivity contribution in [2.75, 3.05) is 13.2 Å². The Morgan fingerprint density at radius 3 is 2.69 bits per heavy atom. The van der Waals surface area contributed by atoms with Crippen molar-refractivity contribution in [2.24, 2.45) is 0 Å². The Bertz CT molecular complexity index is 318. The summed E-state index contributed by atoms with van der Waals surface area (Å²) in [5.41, 5.74) is 1.43. The van der Waals surface area contributed by atoms with Crippen molar-refractivity contribution in [1.82, 2.24) is 4.90 Å². The Morgan fingerprint density at radius 1 is 1.44 bits per heavy atom. The van der Waals surface area contributed by atoms with E-state index < -0.39 is 6.23 Å². The highest BCUT2D eigenvalue weighted by molar-refractivity contribution is 5.96. The first kappa shape index (κ1) is 11.6. The van der Waals surface area contributed by atoms with E-state index >= 15 is 0 Å². The van der Waals surface area contributed by atoms with Crippen LogP contribution in [0.2, 0.25) is 0 Å². The van der Waals surface area contributed by atoms with Crippen molar-refractivity contribution < 1.29 is 14.6 Å². The van der Waals surface area contributed by atoms with Gasteiger partial charge in [0.15, 0.2) is 6.23 Å². The third-order valence-corrected chi connectivity index (χ3v) is 3.53. The molecule has 0 bridgehead atoms. The van der Waals surface area contributed by atoms with Gasteiger partial charge >= 0.3 is 0 Å². The number of hydrogen-bond acceptors (Lipinski definition) is 3. The van der Waals surface area contributed by atoms with Crippen LogP contribution in [-0.4, -0.2) is 41.4 Å². The van der Waals surface area contributed by atoms with E-state index in [1.165, 1.54) is 4.90 Å². The van der Waals surface area contributed by atoms with Gasteiger partial charge in [-0.15, -0.1) is 0 Å². The molecule has 0 aromatic rings. The van der Waals surface area contributed by atoms with Crippen LogP contribution in [0, 0.1) is 0 Å². The highest BCUT2D eigenvalue weighted by atomic mass is 16.5. The highest BCUT2D eigenvalue weighted by Crippen LogP contribution is 2.25. The quantitative estimate of drug-likeness (QED) is 0.764. The maximum atomic E-state index is 11.9. The number of hydrogen-bond donors (Lipinski definition) is 1. The van der Waals surface area contributed by atoms with E-state index in [9.17, 15) is 9.90 Å². The minimum Gasteiger partial charge on any atom is -0.376 e. The lowest BCUT2D eigenvalue weighted by molar-refractivity contribution is -0.135. The zero-order valence-corrected chi connectivity index (χ0v) is 9.90. The van der Waals surface area contributed by atoms with Crippen molar-refractivity contribution in [1.29, 1.82) is 0 Å². The van der Waals surface area contributed by atoms with Crippen molar-refractivity contribution in [3.05, 3.63) is 11.1 Å². The van der Waals surface area contributed by atoms with E-state index in [0.29, 0.717) is 12.1 Å². The van der Waals surface area contributed by atoms with Crippen LogP contribution < -0.4 is 0 Å². The molecule has 0 aromatic heterocycles. The minimum atomic E-state index is -0.752. The predicted molar refractivity (Wildman–Crippen MR) is 59.7 cm³/mol. The lowest BCUT2D eigenvalue weighted by atomic mass is 10.1. The summed E-state index contributed by atoms with van der Waals surface area (Å²) >= 11 is 0. The molecule has 0 aromatic carbocycles. The molecule has 0 saturated carbocycles. The minimum absolute atomic E-state index is 0.0563. The Kier molecular flexibility index (Phi) is 3.30. The first-order valence-electron chi connectivity index (χ1n) is 5.89. The summed E-state index contributed by atoms with van der Waals surface area (Å²) in [5, 5.41) is 9.92. The molecule has 90 valence electrons. The molecular weight excluding hydrogens is 206 g/mol. The van der Waals surface area contributed by atoms with Crippen LogP contribution in [0.25, 0.3) is 0 Å². The van der Waals surface area contributed by atoms with Crippen LogP contribution in [-0.2, 0) is 9.53 Å². The molecule has 0 radical (unpaired) electrons. The zero-order chi connectivity index (χ0) is 11.7. The summed E-state index contributed by atoms with van der Waals surface area (Å²) in [5.74, 6) is -0.0563. The third kappa shape index (κ3) is 1.99. The van der Waals surface area contributed by atoms with E-state index in [1.54, 1.807) is 13.8 Å². The fourth-order valence-electron chi connectivity index (χ4n) is 2.28. The maximum Gasteiger partial charge on any atom is 0.251 e. The number of amides is 1. The van der Waals surface area contributed by atoms with Crippen LogP contribution in [0.4, 0.5) is 0 Å². The number of carbonyl (C=O) groups excluding carboxylic acids is 1. The summed E-state index contributed by atoms with van der Waals surface area (Å²) in [6.45, 7) is 4.85. The molecule has 2 atom stereocenters. The zero-order valence-electron chi connectivity index (χ0n) is 9.90. The van der Waals surface area contributed by atoms with Gasteiger partial charge in [0.1, 0.15) is 0 Å². The third-order valence-electron chi connectivity index (χ3n) is 3.53. The van der Waals surface area contributed by atoms with Crippen LogP contribution >= 0.6 is 0 Å². The van der Waals surface area contributed by atoms with Crippen molar-refractivity contribution in [2.45, 2.75) is 45.4 Å². The lowest BCUT2D eigenvalue weighted by Gasteiger charge is -2.29. The average molecular weight is 225 g/mol. The first-order valence-corrected chi connectivity index (χ1v) is 5.89. The maximum absolute atomic E-state index is 11.9. The molecule has 0 unspecified atom stereocenters. The lowest BCUT2D eigenvalue weighted by Crippen LogP contribution is -2.42. The largest absolute Gasteiger partial charge is 0.376 e. The van der Waals surface area contributed by atoms with Gasteiger partial charge in [0, 0.05) is 12.2 Å². The molecule has 1 saturated heterocycles. The van der Waals surface area contributed by atoms with Crippen LogP contribution in [0.3, 0.4) is 0 Å². The van der Waals surface area contributed by atoms with E-state index in [4.69, 9.17) is 4.74 Å². The SMILES string of the molecule is CC1=C(C)[C@H](O)N(C[C@@H]2CCCCO2)C1=O. The normalized spacial score (nSPS) is 31.4. The summed E-state index contributed by atoms with van der Waals surface area (Å²) in [7, 11) is 0. The molecule has 2 aliphatic heterocycles. The fraction of sp³-hybridized carbons (Fsp3) is 0.750. The second-order valence-electron chi connectivity index (χ2n) is 4.63. The number of aliphatic hydroxyl groups is 1. The molecule has 16 heavy (non-hydrogen) atoms. The van der Waals surface area contributed by atoms with Gasteiger partial charge in [0.25, 0.3) is 5.91 Å². The highest BCUT2D eigenvalue weighted by Gasteiger charge is 2.35. The van der Waals surface area contributed by atoms with Crippen molar-refractivity contribution in [3.63, 3.8) is 0 Å². The molecule has 0 spiro atoms. The molecular formula is C12H19NO3. The Balaban J connectivity index is 1.98. The Morgan fingerprint density at radius 2 is 2.19 bits per heavy atom. The van der Waals surface area contributed by atoms with Gasteiger partial charge < -0.3 is 14.7 Å². The molecule has 4 nitrogen and oxygen atoms in total. The van der Waals surface area contributed by atoms with E-state index in [2.05, 4.69) is 0 Å². The second kappa shape index (κ2) is 4.55. The van der Waals surface area contributed by atoms with Gasteiger partial charge in [-0.1, -0.05) is 0 Å². The van der Waals surface area contributed by atoms with Gasteiger partial charge in [-0.05, 0) is 38.7 Å². The molecule has 2 rings (SSSR count). The van der Waals surface area contributed by atoms with Gasteiger partial charge in [-0.25, -0.2) is 0 Å². The van der Waals surface area contributed by atoms with Gasteiger partial charge in [-0.3, -0.25) is 4.79 Å². The van der Waals surface area contributed by atoms with Crippen LogP contribution in [0.1, 0.15) is 33.1 Å². The van der Waals surface area contributed by atoms with Crippen LogP contribution in [0.5, 0.6) is 0 Å². The second-order valence-corrected chi connectivity index (χ2v) is 4.63. The molecule has 1 fully saturated rings. The number of rotatable bonds is 2. The molecule has 1 amide bonds. The van der Waals surface area contributed by atoms with Gasteiger partial charge in [0.05, 0.1) is 12.6 Å². The summed E-state index contributed by atoms with van der Waals surface area (Å²) in [6.07, 6.45) is 2.57. The number of ether oxygens (including phenoxy) is 1. The van der Waals surface area contributed by atoms with Crippen molar-refractivity contribution >= 4 is 5.91 Å². The van der Waals surface area contributed by atoms with Gasteiger partial charge in [-0.2, -0.15) is 0 Å². The molecule has 4 heteroatoms. The summed E-state index contributed by atoms with van der Waals surface area (Å²) in [6, 6.07) is 0. The van der Waals surface area contributed by atoms with Gasteiger partial charge in [0.2, 0.25) is 0 Å². The predicted octanol–water partition coefficient (Wildman–Crippen LogP) is 1.05. The number of carbonyl (C=O) groups is 1. The van der Waals surface area contributed by atoms with E-state index in [0.717, 1.165) is 31.4 Å². The molecule has 1 N–H and O–H groups in total. The number of nitrogens with zero attached hydrogens (tertiary/aromatic N) is 1. The monoisotopic (exact) mass is 225 g/mol. The topological polar surface area (TPSA) is 49.8 Å². The van der Waals surface area contributed by atoms with E-state index in [1.807, 2.05) is 0 Å². The average Bonchev–Trinajstić information content (AvgIpc) is 2.48. The summed E-state index contributed by atoms with van der Waals surface area (Å²) < 4.78 is 5.58. The number of aliphatic hydroxyl groups excluding tert-OH is 1. The Hall–Kier alpha value is -0.870. The molecule has 0 aliphatic carbocycles. The van der Waals surface area contributed by atoms with E-state index in [-0.39, 0.29) is 12.0 Å². The Labute approximate surface area is 95.9 Å². The summed E-state index contributed by atoms with van der Waals surface area (Å²) in [4.78, 5) is 13.4. The fourth-order valence-corrected chi connectivity index (χ4v) is 2.28. The molecule has 2 aliphatic rings.